The van der Waals surface area contributed by atoms with Gasteiger partial charge in [0, 0.05) is 26.3 Å². The second-order valence-electron chi connectivity index (χ2n) is 7.25. The van der Waals surface area contributed by atoms with E-state index in [2.05, 4.69) is 37.5 Å². The third-order valence-electron chi connectivity index (χ3n) is 4.97. The number of hydrogen-bond donors (Lipinski definition) is 2. The molecule has 0 saturated carbocycles. The highest BCUT2D eigenvalue weighted by Crippen LogP contribution is 2.26. The summed E-state index contributed by atoms with van der Waals surface area (Å²) in [5.41, 5.74) is 1.73. The lowest BCUT2D eigenvalue weighted by atomic mass is 10.2. The molecule has 1 fully saturated rings. The van der Waals surface area contributed by atoms with Gasteiger partial charge in [0.1, 0.15) is 10.9 Å². The van der Waals surface area contributed by atoms with Gasteiger partial charge in [0.25, 0.3) is 0 Å². The molecular weight excluding hydrogens is 448 g/mol. The van der Waals surface area contributed by atoms with Gasteiger partial charge in [-0.3, -0.25) is 10.3 Å². The van der Waals surface area contributed by atoms with Crippen molar-refractivity contribution in [1.82, 2.24) is 29.9 Å². The number of nitrogens with zero attached hydrogens (tertiary/aromatic N) is 6. The molecule has 170 valence electrons. The molecule has 0 aliphatic carbocycles. The van der Waals surface area contributed by atoms with Crippen LogP contribution in [0.15, 0.2) is 43.2 Å². The largest absolute Gasteiger partial charge is 0.418 e. The van der Waals surface area contributed by atoms with Gasteiger partial charge in [-0.2, -0.15) is 0 Å². The highest BCUT2D eigenvalue weighted by Gasteiger charge is 2.20. The molecule has 4 rings (SSSR count). The topological polar surface area (TPSA) is 127 Å². The quantitative estimate of drug-likeness (QED) is 0.431. The molecule has 0 bridgehead atoms. The Bertz CT molecular complexity index is 1190. The van der Waals surface area contributed by atoms with Crippen molar-refractivity contribution in [2.45, 2.75) is 12.8 Å². The molecule has 1 aliphatic rings. The van der Waals surface area contributed by atoms with Crippen molar-refractivity contribution in [2.24, 2.45) is 7.05 Å². The van der Waals surface area contributed by atoms with E-state index in [0.717, 1.165) is 25.9 Å². The SMILES string of the molecule is C=C(OC(=O)Nc1c(-c2ccc(NC(=O)N3CCCC3)cn2)nnn1C)c1cccnc1Cl. The molecule has 0 unspecified atom stereocenters. The molecule has 1 saturated heterocycles. The number of aromatic nitrogens is 5. The maximum absolute atomic E-state index is 12.4. The second kappa shape index (κ2) is 9.65. The number of pyridine rings is 2. The Morgan fingerprint density at radius 2 is 1.94 bits per heavy atom. The number of amides is 3. The molecule has 0 spiro atoms. The average molecular weight is 469 g/mol. The summed E-state index contributed by atoms with van der Waals surface area (Å²) in [6.45, 7) is 5.23. The third-order valence-corrected chi connectivity index (χ3v) is 5.27. The first-order valence-corrected chi connectivity index (χ1v) is 10.5. The van der Waals surface area contributed by atoms with Crippen molar-refractivity contribution < 1.29 is 14.3 Å². The number of carbonyl (C=O) groups excluding carboxylic acids is 2. The normalized spacial score (nSPS) is 13.0. The smallest absolute Gasteiger partial charge is 0.410 e. The summed E-state index contributed by atoms with van der Waals surface area (Å²) in [6.07, 6.45) is 4.26. The van der Waals surface area contributed by atoms with Crippen LogP contribution in [0, 0.1) is 0 Å². The Hall–Kier alpha value is -3.99. The van der Waals surface area contributed by atoms with E-state index in [1.807, 2.05) is 0 Å². The predicted octanol–water partition coefficient (Wildman–Crippen LogP) is 3.77. The molecule has 0 aromatic carbocycles. The van der Waals surface area contributed by atoms with Gasteiger partial charge >= 0.3 is 12.1 Å². The third kappa shape index (κ3) is 5.09. The van der Waals surface area contributed by atoms with Gasteiger partial charge in [-0.05, 0) is 37.1 Å². The number of anilines is 2. The highest BCUT2D eigenvalue weighted by molar-refractivity contribution is 6.31. The average Bonchev–Trinajstić information content (AvgIpc) is 3.46. The van der Waals surface area contributed by atoms with E-state index in [1.54, 1.807) is 36.2 Å². The Balaban J connectivity index is 1.44. The lowest BCUT2D eigenvalue weighted by molar-refractivity contribution is 0.207. The lowest BCUT2D eigenvalue weighted by Crippen LogP contribution is -2.32. The van der Waals surface area contributed by atoms with Crippen LogP contribution < -0.4 is 10.6 Å². The van der Waals surface area contributed by atoms with Crippen molar-refractivity contribution >= 4 is 41.0 Å². The number of ether oxygens (including phenoxy) is 1. The number of halogens is 1. The first-order valence-electron chi connectivity index (χ1n) is 10.1. The fraction of sp³-hybridized carbons (Fsp3) is 0.238. The molecule has 1 aliphatic heterocycles. The van der Waals surface area contributed by atoms with Gasteiger partial charge in [0.2, 0.25) is 0 Å². The minimum atomic E-state index is -0.805. The number of carbonyl (C=O) groups is 2. The Labute approximate surface area is 194 Å². The van der Waals surface area contributed by atoms with E-state index in [1.165, 1.54) is 17.1 Å². The van der Waals surface area contributed by atoms with Crippen LogP contribution in [-0.4, -0.2) is 55.1 Å². The molecule has 0 atom stereocenters. The van der Waals surface area contributed by atoms with E-state index in [0.29, 0.717) is 22.6 Å². The maximum atomic E-state index is 12.4. The van der Waals surface area contributed by atoms with Crippen LogP contribution in [0.25, 0.3) is 17.1 Å². The molecule has 11 nitrogen and oxygen atoms in total. The van der Waals surface area contributed by atoms with Gasteiger partial charge in [-0.15, -0.1) is 5.10 Å². The van der Waals surface area contributed by atoms with E-state index in [-0.39, 0.29) is 22.8 Å². The summed E-state index contributed by atoms with van der Waals surface area (Å²) < 4.78 is 6.61. The van der Waals surface area contributed by atoms with Gasteiger partial charge in [0.05, 0.1) is 23.1 Å². The summed E-state index contributed by atoms with van der Waals surface area (Å²) in [4.78, 5) is 34.7. The summed E-state index contributed by atoms with van der Waals surface area (Å²) in [7, 11) is 1.61. The summed E-state index contributed by atoms with van der Waals surface area (Å²) in [6, 6.07) is 6.52. The monoisotopic (exact) mass is 468 g/mol. The number of hydrogen-bond acceptors (Lipinski definition) is 7. The fourth-order valence-electron chi connectivity index (χ4n) is 3.28. The predicted molar refractivity (Wildman–Crippen MR) is 122 cm³/mol. The van der Waals surface area contributed by atoms with Gasteiger partial charge in [-0.1, -0.05) is 23.4 Å². The zero-order valence-electron chi connectivity index (χ0n) is 17.8. The number of aryl methyl sites for hydroxylation is 1. The van der Waals surface area contributed by atoms with Crippen LogP contribution >= 0.6 is 11.6 Å². The molecule has 12 heteroatoms. The van der Waals surface area contributed by atoms with Gasteiger partial charge < -0.3 is 15.0 Å². The van der Waals surface area contributed by atoms with E-state index >= 15 is 0 Å². The molecular formula is C21H21ClN8O3. The van der Waals surface area contributed by atoms with Gasteiger partial charge in [-0.25, -0.2) is 19.3 Å². The molecule has 3 aromatic rings. The zero-order chi connectivity index (χ0) is 23.4. The van der Waals surface area contributed by atoms with Crippen LogP contribution in [0.2, 0.25) is 5.15 Å². The van der Waals surface area contributed by atoms with Crippen molar-refractivity contribution in [3.63, 3.8) is 0 Å². The molecule has 33 heavy (non-hydrogen) atoms. The Morgan fingerprint density at radius 1 is 1.15 bits per heavy atom. The standard InChI is InChI=1S/C21H21ClN8O3/c1-13(15-6-5-9-23-18(15)22)33-21(32)26-19-17(27-28-29(19)2)16-8-7-14(12-24-16)25-20(31)30-10-3-4-11-30/h5-9,12H,1,3-4,10-11H2,2H3,(H,25,31)(H,26,32). The van der Waals surface area contributed by atoms with Gasteiger partial charge in [0.15, 0.2) is 11.5 Å². The summed E-state index contributed by atoms with van der Waals surface area (Å²) in [5, 5.41) is 13.6. The number of rotatable bonds is 5. The second-order valence-corrected chi connectivity index (χ2v) is 7.60. The van der Waals surface area contributed by atoms with Crippen LogP contribution in [0.4, 0.5) is 21.1 Å². The molecule has 4 heterocycles. The van der Waals surface area contributed by atoms with Crippen molar-refractivity contribution in [3.8, 4) is 11.4 Å². The van der Waals surface area contributed by atoms with Crippen LogP contribution in [-0.2, 0) is 11.8 Å². The maximum Gasteiger partial charge on any atom is 0.418 e. The fourth-order valence-corrected chi connectivity index (χ4v) is 3.51. The number of likely N-dealkylation sites (tertiary alicyclic amines) is 1. The van der Waals surface area contributed by atoms with Crippen molar-refractivity contribution in [3.05, 3.63) is 54.0 Å². The minimum absolute atomic E-state index is 0.0403. The highest BCUT2D eigenvalue weighted by atomic mass is 35.5. The first kappa shape index (κ1) is 22.2. The lowest BCUT2D eigenvalue weighted by Gasteiger charge is -2.16. The number of urea groups is 1. The number of nitrogens with one attached hydrogen (secondary N) is 2. The zero-order valence-corrected chi connectivity index (χ0v) is 18.5. The summed E-state index contributed by atoms with van der Waals surface area (Å²) >= 11 is 6.01. The first-order chi connectivity index (χ1) is 15.9. The Morgan fingerprint density at radius 3 is 2.64 bits per heavy atom. The molecule has 3 amide bonds. The summed E-state index contributed by atoms with van der Waals surface area (Å²) in [5.74, 6) is 0.310. The minimum Gasteiger partial charge on any atom is -0.410 e. The van der Waals surface area contributed by atoms with Crippen molar-refractivity contribution in [1.29, 1.82) is 0 Å². The molecule has 0 radical (unpaired) electrons. The van der Waals surface area contributed by atoms with Crippen LogP contribution in [0.3, 0.4) is 0 Å². The Kier molecular flexibility index (Phi) is 6.50. The van der Waals surface area contributed by atoms with E-state index in [4.69, 9.17) is 16.3 Å². The molecule has 2 N–H and O–H groups in total. The van der Waals surface area contributed by atoms with E-state index < -0.39 is 6.09 Å². The van der Waals surface area contributed by atoms with E-state index in [9.17, 15) is 9.59 Å². The van der Waals surface area contributed by atoms with Crippen LogP contribution in [0.5, 0.6) is 0 Å². The van der Waals surface area contributed by atoms with Crippen LogP contribution in [0.1, 0.15) is 18.4 Å². The van der Waals surface area contributed by atoms with Crippen molar-refractivity contribution in [2.75, 3.05) is 23.7 Å². The molecule has 3 aromatic heterocycles.